The molecular formula is C21H21Cl2N3O3. The van der Waals surface area contributed by atoms with Crippen molar-refractivity contribution in [2.45, 2.75) is 39.7 Å². The highest BCUT2D eigenvalue weighted by Gasteiger charge is 2.43. The largest absolute Gasteiger partial charge is 0.462 e. The summed E-state index contributed by atoms with van der Waals surface area (Å²) >= 11 is 12.8. The van der Waals surface area contributed by atoms with E-state index in [2.05, 4.69) is 9.98 Å². The quantitative estimate of drug-likeness (QED) is 0.640. The predicted octanol–water partition coefficient (Wildman–Crippen LogP) is 4.93. The summed E-state index contributed by atoms with van der Waals surface area (Å²) in [6, 6.07) is 5.16. The lowest BCUT2D eigenvalue weighted by atomic mass is 9.75. The van der Waals surface area contributed by atoms with Crippen molar-refractivity contribution in [1.29, 1.82) is 0 Å². The lowest BCUT2D eigenvalue weighted by Crippen LogP contribution is -2.38. The van der Waals surface area contributed by atoms with Crippen molar-refractivity contribution < 1.29 is 14.3 Å². The summed E-state index contributed by atoms with van der Waals surface area (Å²) in [6.07, 6.45) is 4.15. The Bertz CT molecular complexity index is 1010. The molecule has 6 nitrogen and oxygen atoms in total. The SMILES string of the molecule is CC1=NC(C)=C(C(=O)n2ccnc2)C(c2cccc(Cl)c2Cl)C1C(=O)OC(C)C. The van der Waals surface area contributed by atoms with Gasteiger partial charge in [-0.3, -0.25) is 19.1 Å². The number of hydrogen-bond donors (Lipinski definition) is 0. The Labute approximate surface area is 179 Å². The van der Waals surface area contributed by atoms with E-state index >= 15 is 0 Å². The monoisotopic (exact) mass is 433 g/mol. The molecule has 152 valence electrons. The predicted molar refractivity (Wildman–Crippen MR) is 113 cm³/mol. The van der Waals surface area contributed by atoms with E-state index in [0.29, 0.717) is 32.6 Å². The fourth-order valence-electron chi connectivity index (χ4n) is 3.54. The van der Waals surface area contributed by atoms with Gasteiger partial charge in [0.05, 0.1) is 16.1 Å². The summed E-state index contributed by atoms with van der Waals surface area (Å²) in [5.41, 5.74) is 1.98. The second-order valence-electron chi connectivity index (χ2n) is 7.11. The molecule has 1 aromatic carbocycles. The number of hydrogen-bond acceptors (Lipinski definition) is 5. The molecule has 0 radical (unpaired) electrons. The van der Waals surface area contributed by atoms with E-state index in [9.17, 15) is 9.59 Å². The van der Waals surface area contributed by atoms with E-state index in [1.54, 1.807) is 52.1 Å². The first-order valence-electron chi connectivity index (χ1n) is 9.15. The van der Waals surface area contributed by atoms with Crippen LogP contribution in [0.15, 0.2) is 53.2 Å². The van der Waals surface area contributed by atoms with Crippen LogP contribution in [0.1, 0.15) is 44.0 Å². The minimum atomic E-state index is -0.806. The molecule has 0 saturated carbocycles. The van der Waals surface area contributed by atoms with Gasteiger partial charge in [0.2, 0.25) is 0 Å². The van der Waals surface area contributed by atoms with Gasteiger partial charge in [0.25, 0.3) is 5.91 Å². The third kappa shape index (κ3) is 4.14. The summed E-state index contributed by atoms with van der Waals surface area (Å²) < 4.78 is 6.84. The van der Waals surface area contributed by atoms with E-state index in [1.807, 2.05) is 0 Å². The maximum absolute atomic E-state index is 13.3. The Morgan fingerprint density at radius 2 is 1.93 bits per heavy atom. The number of carbonyl (C=O) groups excluding carboxylic acids is 2. The van der Waals surface area contributed by atoms with Crippen molar-refractivity contribution in [3.8, 4) is 0 Å². The molecule has 0 N–H and O–H groups in total. The van der Waals surface area contributed by atoms with E-state index in [0.717, 1.165) is 0 Å². The van der Waals surface area contributed by atoms with Crippen molar-refractivity contribution in [3.05, 3.63) is 63.8 Å². The zero-order valence-corrected chi connectivity index (χ0v) is 18.0. The molecule has 2 aromatic rings. The summed E-state index contributed by atoms with van der Waals surface area (Å²) in [5, 5.41) is 0.632. The fourth-order valence-corrected chi connectivity index (χ4v) is 3.97. The molecule has 1 aromatic heterocycles. The van der Waals surface area contributed by atoms with Gasteiger partial charge in [-0.2, -0.15) is 0 Å². The van der Waals surface area contributed by atoms with E-state index in [1.165, 1.54) is 17.1 Å². The molecule has 0 fully saturated rings. The van der Waals surface area contributed by atoms with Gasteiger partial charge in [-0.25, -0.2) is 4.98 Å². The Morgan fingerprint density at radius 1 is 1.21 bits per heavy atom. The molecule has 2 heterocycles. The number of ether oxygens (including phenoxy) is 1. The van der Waals surface area contributed by atoms with Crippen LogP contribution in [-0.2, 0) is 9.53 Å². The molecule has 3 rings (SSSR count). The van der Waals surface area contributed by atoms with Gasteiger partial charge in [-0.1, -0.05) is 35.3 Å². The second-order valence-corrected chi connectivity index (χ2v) is 7.90. The first-order chi connectivity index (χ1) is 13.7. The molecular weight excluding hydrogens is 413 g/mol. The summed E-state index contributed by atoms with van der Waals surface area (Å²) in [7, 11) is 0. The van der Waals surface area contributed by atoms with E-state index in [-0.39, 0.29) is 12.0 Å². The highest BCUT2D eigenvalue weighted by Crippen LogP contribution is 2.44. The van der Waals surface area contributed by atoms with Gasteiger partial charge in [0, 0.05) is 35.3 Å². The van der Waals surface area contributed by atoms with Crippen molar-refractivity contribution in [3.63, 3.8) is 0 Å². The van der Waals surface area contributed by atoms with Crippen LogP contribution in [0.25, 0.3) is 0 Å². The first kappa shape index (κ1) is 21.3. The Kier molecular flexibility index (Phi) is 6.24. The van der Waals surface area contributed by atoms with Gasteiger partial charge in [0.1, 0.15) is 12.2 Å². The fraction of sp³-hybridized carbons (Fsp3) is 0.333. The smallest absolute Gasteiger partial charge is 0.315 e. The third-order valence-corrected chi connectivity index (χ3v) is 5.55. The van der Waals surface area contributed by atoms with Crippen LogP contribution in [-0.4, -0.2) is 33.2 Å². The van der Waals surface area contributed by atoms with Crippen LogP contribution in [0, 0.1) is 5.92 Å². The van der Waals surface area contributed by atoms with Crippen LogP contribution in [0.4, 0.5) is 0 Å². The number of carbonyl (C=O) groups is 2. The van der Waals surface area contributed by atoms with Gasteiger partial charge < -0.3 is 4.74 Å². The molecule has 2 atom stereocenters. The number of nitrogens with zero attached hydrogens (tertiary/aromatic N) is 3. The Balaban J connectivity index is 2.23. The minimum absolute atomic E-state index is 0.292. The number of aliphatic imine (C=N–C) groups is 1. The lowest BCUT2D eigenvalue weighted by Gasteiger charge is -2.33. The van der Waals surface area contributed by atoms with Crippen molar-refractivity contribution >= 4 is 40.8 Å². The minimum Gasteiger partial charge on any atom is -0.462 e. The second kappa shape index (κ2) is 8.51. The van der Waals surface area contributed by atoms with E-state index in [4.69, 9.17) is 27.9 Å². The number of esters is 1. The molecule has 0 spiro atoms. The number of imidazole rings is 1. The van der Waals surface area contributed by atoms with Crippen molar-refractivity contribution in [2.24, 2.45) is 10.9 Å². The maximum Gasteiger partial charge on any atom is 0.315 e. The number of benzene rings is 1. The molecule has 2 unspecified atom stereocenters. The molecule has 8 heteroatoms. The van der Waals surface area contributed by atoms with Gasteiger partial charge in [-0.15, -0.1) is 0 Å². The molecule has 0 bridgehead atoms. The van der Waals surface area contributed by atoms with Crippen molar-refractivity contribution in [2.75, 3.05) is 0 Å². The highest BCUT2D eigenvalue weighted by atomic mass is 35.5. The van der Waals surface area contributed by atoms with Gasteiger partial charge in [0.15, 0.2) is 0 Å². The number of aromatic nitrogens is 2. The normalized spacial score (nSPS) is 19.3. The summed E-state index contributed by atoms with van der Waals surface area (Å²) in [6.45, 7) is 7.03. The van der Waals surface area contributed by atoms with Crippen LogP contribution in [0.2, 0.25) is 10.0 Å². The third-order valence-electron chi connectivity index (χ3n) is 4.72. The zero-order chi connectivity index (χ0) is 21.3. The Morgan fingerprint density at radius 3 is 2.55 bits per heavy atom. The number of halogens is 2. The molecule has 1 aliphatic rings. The van der Waals surface area contributed by atoms with Crippen LogP contribution >= 0.6 is 23.2 Å². The standard InChI is InChI=1S/C21H21Cl2N3O3/c1-11(2)29-21(28)17-13(4)25-12(3)16(20(27)26-9-8-24-10-26)18(17)14-6-5-7-15(22)19(14)23/h5-11,17-18H,1-4H3. The summed E-state index contributed by atoms with van der Waals surface area (Å²) in [5.74, 6) is -2.30. The van der Waals surface area contributed by atoms with Gasteiger partial charge in [-0.05, 0) is 39.3 Å². The van der Waals surface area contributed by atoms with Crippen LogP contribution < -0.4 is 0 Å². The molecule has 1 aliphatic heterocycles. The average Bonchev–Trinajstić information content (AvgIpc) is 3.17. The highest BCUT2D eigenvalue weighted by molar-refractivity contribution is 6.42. The first-order valence-corrected chi connectivity index (χ1v) is 9.91. The number of rotatable bonds is 4. The van der Waals surface area contributed by atoms with Crippen LogP contribution in [0.5, 0.6) is 0 Å². The van der Waals surface area contributed by atoms with E-state index < -0.39 is 17.8 Å². The maximum atomic E-state index is 13.3. The topological polar surface area (TPSA) is 73.5 Å². The van der Waals surface area contributed by atoms with Crippen LogP contribution in [0.3, 0.4) is 0 Å². The zero-order valence-electron chi connectivity index (χ0n) is 16.5. The van der Waals surface area contributed by atoms with Crippen molar-refractivity contribution in [1.82, 2.24) is 9.55 Å². The molecule has 0 amide bonds. The number of allylic oxidation sites excluding steroid dienone is 2. The molecule has 29 heavy (non-hydrogen) atoms. The Hall–Kier alpha value is -2.44. The molecule has 0 aliphatic carbocycles. The molecule has 0 saturated heterocycles. The lowest BCUT2D eigenvalue weighted by molar-refractivity contribution is -0.150. The van der Waals surface area contributed by atoms with Gasteiger partial charge >= 0.3 is 5.97 Å². The average molecular weight is 434 g/mol. The summed E-state index contributed by atoms with van der Waals surface area (Å²) in [4.78, 5) is 34.8.